The average molecular weight is 483 g/mol. The van der Waals surface area contributed by atoms with Gasteiger partial charge in [-0.15, -0.1) is 0 Å². The predicted octanol–water partition coefficient (Wildman–Crippen LogP) is 1.17. The lowest BCUT2D eigenvalue weighted by Gasteiger charge is -2.15. The number of hydrogen-bond acceptors (Lipinski definition) is 8. The highest BCUT2D eigenvalue weighted by molar-refractivity contribution is 7.89. The first-order valence-electron chi connectivity index (χ1n) is 9.55. The van der Waals surface area contributed by atoms with Gasteiger partial charge in [0.2, 0.25) is 20.0 Å². The number of esters is 1. The van der Waals surface area contributed by atoms with Gasteiger partial charge in [-0.1, -0.05) is 0 Å². The third kappa shape index (κ3) is 5.15. The van der Waals surface area contributed by atoms with Gasteiger partial charge in [0.25, 0.3) is 0 Å². The van der Waals surface area contributed by atoms with E-state index >= 15 is 0 Å². The van der Waals surface area contributed by atoms with Gasteiger partial charge in [0, 0.05) is 18.7 Å². The van der Waals surface area contributed by atoms with Crippen LogP contribution in [0.2, 0.25) is 0 Å². The second-order valence-electron chi connectivity index (χ2n) is 7.05. The Hall–Kier alpha value is -2.80. The Morgan fingerprint density at radius 1 is 0.969 bits per heavy atom. The molecule has 1 aliphatic heterocycles. The van der Waals surface area contributed by atoms with Crippen LogP contribution in [0.1, 0.15) is 33.6 Å². The standard InChI is InChI=1S/C20H22N2O8S2/c1-29-18-9-6-15(12-19(18)31(21,25)26)20(24)30-13-17(23)14-4-7-16(8-5-14)32(27,28)22-10-2-3-11-22/h4-9,12H,2-3,10-11,13H2,1H3,(H2,21,25,26). The van der Waals surface area contributed by atoms with Crippen LogP contribution in [0.4, 0.5) is 0 Å². The first-order chi connectivity index (χ1) is 15.0. The predicted molar refractivity (Wildman–Crippen MR) is 113 cm³/mol. The van der Waals surface area contributed by atoms with Crippen molar-refractivity contribution in [1.29, 1.82) is 0 Å². The van der Waals surface area contributed by atoms with Crippen LogP contribution in [0.5, 0.6) is 5.75 Å². The molecule has 12 heteroatoms. The van der Waals surface area contributed by atoms with Crippen molar-refractivity contribution in [1.82, 2.24) is 4.31 Å². The third-order valence-corrected chi connectivity index (χ3v) is 7.76. The molecule has 1 aliphatic rings. The van der Waals surface area contributed by atoms with Crippen molar-refractivity contribution < 1.29 is 35.9 Å². The highest BCUT2D eigenvalue weighted by atomic mass is 32.2. The maximum Gasteiger partial charge on any atom is 0.338 e. The Balaban J connectivity index is 1.67. The van der Waals surface area contributed by atoms with E-state index in [2.05, 4.69) is 0 Å². The maximum atomic E-state index is 12.5. The zero-order valence-corrected chi connectivity index (χ0v) is 18.8. The number of methoxy groups -OCH3 is 1. The highest BCUT2D eigenvalue weighted by Crippen LogP contribution is 2.24. The quantitative estimate of drug-likeness (QED) is 0.435. The molecule has 1 saturated heterocycles. The monoisotopic (exact) mass is 482 g/mol. The summed E-state index contributed by atoms with van der Waals surface area (Å²) in [4.78, 5) is 24.3. The Kier molecular flexibility index (Phi) is 6.98. The Morgan fingerprint density at radius 2 is 1.56 bits per heavy atom. The van der Waals surface area contributed by atoms with Gasteiger partial charge in [-0.05, 0) is 55.3 Å². The molecule has 0 atom stereocenters. The minimum absolute atomic E-state index is 0.0379. The van der Waals surface area contributed by atoms with Crippen LogP contribution < -0.4 is 9.88 Å². The molecule has 0 unspecified atom stereocenters. The summed E-state index contributed by atoms with van der Waals surface area (Å²) in [6, 6.07) is 8.90. The van der Waals surface area contributed by atoms with E-state index in [1.165, 1.54) is 47.8 Å². The number of sulfonamides is 2. The van der Waals surface area contributed by atoms with Crippen molar-refractivity contribution in [3.63, 3.8) is 0 Å². The molecule has 2 aromatic rings. The molecule has 0 radical (unpaired) electrons. The van der Waals surface area contributed by atoms with Crippen LogP contribution in [-0.4, -0.2) is 59.7 Å². The number of ether oxygens (including phenoxy) is 2. The van der Waals surface area contributed by atoms with Crippen LogP contribution in [0.25, 0.3) is 0 Å². The summed E-state index contributed by atoms with van der Waals surface area (Å²) < 4.78 is 59.7. The number of carbonyl (C=O) groups is 2. The van der Waals surface area contributed by atoms with Gasteiger partial charge in [0.1, 0.15) is 10.6 Å². The fourth-order valence-corrected chi connectivity index (χ4v) is 5.45. The molecule has 0 amide bonds. The molecular formula is C20H22N2O8S2. The lowest BCUT2D eigenvalue weighted by Crippen LogP contribution is -2.27. The minimum atomic E-state index is -4.15. The Morgan fingerprint density at radius 3 is 2.12 bits per heavy atom. The summed E-state index contributed by atoms with van der Waals surface area (Å²) >= 11 is 0. The average Bonchev–Trinajstić information content (AvgIpc) is 3.32. The van der Waals surface area contributed by atoms with Crippen LogP contribution in [0, 0.1) is 0 Å². The molecule has 0 bridgehead atoms. The van der Waals surface area contributed by atoms with E-state index in [1.807, 2.05) is 0 Å². The fraction of sp³-hybridized carbons (Fsp3) is 0.300. The lowest BCUT2D eigenvalue weighted by atomic mass is 10.1. The Labute approximate surface area is 186 Å². The van der Waals surface area contributed by atoms with Crippen LogP contribution in [0.3, 0.4) is 0 Å². The van der Waals surface area contributed by atoms with Gasteiger partial charge >= 0.3 is 5.97 Å². The number of benzene rings is 2. The molecule has 1 heterocycles. The summed E-state index contributed by atoms with van der Waals surface area (Å²) in [6.45, 7) is 0.322. The molecule has 0 aliphatic carbocycles. The third-order valence-electron chi connectivity index (χ3n) is 4.92. The summed E-state index contributed by atoms with van der Waals surface area (Å²) in [7, 11) is -6.50. The van der Waals surface area contributed by atoms with E-state index in [9.17, 15) is 26.4 Å². The molecule has 172 valence electrons. The van der Waals surface area contributed by atoms with E-state index in [0.717, 1.165) is 18.9 Å². The van der Waals surface area contributed by atoms with Gasteiger partial charge in [-0.2, -0.15) is 4.31 Å². The largest absolute Gasteiger partial charge is 0.495 e. The van der Waals surface area contributed by atoms with Gasteiger partial charge in [0.05, 0.1) is 17.6 Å². The van der Waals surface area contributed by atoms with Crippen molar-refractivity contribution in [2.24, 2.45) is 5.14 Å². The van der Waals surface area contributed by atoms with Crippen LogP contribution in [-0.2, 0) is 24.8 Å². The fourth-order valence-electron chi connectivity index (χ4n) is 3.21. The lowest BCUT2D eigenvalue weighted by molar-refractivity contribution is 0.0474. The van der Waals surface area contributed by atoms with Gasteiger partial charge in [-0.3, -0.25) is 4.79 Å². The van der Waals surface area contributed by atoms with Crippen LogP contribution >= 0.6 is 0 Å². The van der Waals surface area contributed by atoms with Crippen molar-refractivity contribution in [3.05, 3.63) is 53.6 Å². The van der Waals surface area contributed by atoms with Crippen molar-refractivity contribution in [3.8, 4) is 5.75 Å². The van der Waals surface area contributed by atoms with E-state index in [0.29, 0.717) is 13.1 Å². The summed E-state index contributed by atoms with van der Waals surface area (Å²) in [5.41, 5.74) is 0.0350. The van der Waals surface area contributed by atoms with E-state index < -0.39 is 43.3 Å². The molecule has 3 rings (SSSR count). The Bertz CT molecular complexity index is 1230. The number of ketones is 1. The first-order valence-corrected chi connectivity index (χ1v) is 12.5. The molecule has 1 fully saturated rings. The molecule has 2 N–H and O–H groups in total. The topological polar surface area (TPSA) is 150 Å². The van der Waals surface area contributed by atoms with E-state index in [4.69, 9.17) is 14.6 Å². The number of primary sulfonamides is 1. The smallest absolute Gasteiger partial charge is 0.338 e. The second-order valence-corrected chi connectivity index (χ2v) is 10.5. The van der Waals surface area contributed by atoms with E-state index in [-0.39, 0.29) is 21.8 Å². The summed E-state index contributed by atoms with van der Waals surface area (Å²) in [6.07, 6.45) is 1.63. The van der Waals surface area contributed by atoms with E-state index in [1.54, 1.807) is 0 Å². The number of carbonyl (C=O) groups excluding carboxylic acids is 2. The zero-order chi connectivity index (χ0) is 23.5. The van der Waals surface area contributed by atoms with Crippen molar-refractivity contribution >= 4 is 31.8 Å². The number of Topliss-reactive ketones (excluding diaryl/α,β-unsaturated/α-hetero) is 1. The molecular weight excluding hydrogens is 460 g/mol. The molecule has 0 spiro atoms. The van der Waals surface area contributed by atoms with Crippen molar-refractivity contribution in [2.75, 3.05) is 26.8 Å². The van der Waals surface area contributed by atoms with Crippen LogP contribution in [0.15, 0.2) is 52.3 Å². The highest BCUT2D eigenvalue weighted by Gasteiger charge is 2.27. The van der Waals surface area contributed by atoms with Crippen molar-refractivity contribution in [2.45, 2.75) is 22.6 Å². The number of nitrogens with zero attached hydrogens (tertiary/aromatic N) is 1. The molecule has 32 heavy (non-hydrogen) atoms. The number of nitrogens with two attached hydrogens (primary N) is 1. The molecule has 0 saturated carbocycles. The molecule has 2 aromatic carbocycles. The second kappa shape index (κ2) is 9.36. The molecule has 10 nitrogen and oxygen atoms in total. The zero-order valence-electron chi connectivity index (χ0n) is 17.2. The normalized spacial score (nSPS) is 14.8. The summed E-state index contributed by atoms with van der Waals surface area (Å²) in [5.74, 6) is -1.52. The first kappa shape index (κ1) is 23.9. The SMILES string of the molecule is COc1ccc(C(=O)OCC(=O)c2ccc(S(=O)(=O)N3CCCC3)cc2)cc1S(N)(=O)=O. The van der Waals surface area contributed by atoms with Gasteiger partial charge < -0.3 is 9.47 Å². The van der Waals surface area contributed by atoms with Gasteiger partial charge in [-0.25, -0.2) is 26.8 Å². The minimum Gasteiger partial charge on any atom is -0.495 e. The van der Waals surface area contributed by atoms with Gasteiger partial charge in [0.15, 0.2) is 12.4 Å². The number of hydrogen-bond donors (Lipinski definition) is 1. The summed E-state index contributed by atoms with van der Waals surface area (Å²) in [5, 5.41) is 5.12. The maximum absolute atomic E-state index is 12.5. The molecule has 0 aromatic heterocycles. The number of rotatable bonds is 8.